The van der Waals surface area contributed by atoms with E-state index in [0.717, 1.165) is 30.1 Å². The monoisotopic (exact) mass is 371 g/mol. The Labute approximate surface area is 161 Å². The maximum atomic E-state index is 12.4. The molecule has 1 aromatic carbocycles. The second-order valence-electron chi connectivity index (χ2n) is 7.27. The zero-order valence-electron chi connectivity index (χ0n) is 16.3. The van der Waals surface area contributed by atoms with E-state index in [1.54, 1.807) is 20.5 Å². The number of rotatable bonds is 8. The van der Waals surface area contributed by atoms with Crippen LogP contribution in [-0.2, 0) is 16.6 Å². The van der Waals surface area contributed by atoms with Crippen LogP contribution in [0, 0.1) is 0 Å². The number of methoxy groups -OCH3 is 2. The van der Waals surface area contributed by atoms with Gasteiger partial charge in [0.1, 0.15) is 5.76 Å². The fraction of sp³-hybridized carbons (Fsp3) is 0.500. The van der Waals surface area contributed by atoms with E-state index in [1.165, 1.54) is 24.8 Å². The Morgan fingerprint density at radius 2 is 1.89 bits per heavy atom. The molecular weight excluding hydrogens is 342 g/mol. The summed E-state index contributed by atoms with van der Waals surface area (Å²) in [5.41, 5.74) is 1.17. The van der Waals surface area contributed by atoms with Crippen LogP contribution in [0.5, 0.6) is 11.5 Å². The number of amides is 1. The summed E-state index contributed by atoms with van der Waals surface area (Å²) < 4.78 is 16.2. The molecule has 0 unspecified atom stereocenters. The van der Waals surface area contributed by atoms with Gasteiger partial charge in [0.25, 0.3) is 0 Å². The largest absolute Gasteiger partial charge is 0.493 e. The van der Waals surface area contributed by atoms with Crippen LogP contribution in [0.3, 0.4) is 0 Å². The Morgan fingerprint density at radius 3 is 2.56 bits per heavy atom. The van der Waals surface area contributed by atoms with Crippen molar-refractivity contribution in [1.29, 1.82) is 0 Å². The molecule has 146 valence electrons. The lowest BCUT2D eigenvalue weighted by molar-refractivity contribution is -0.121. The number of aryl methyl sites for hydroxylation is 1. The Morgan fingerprint density at radius 1 is 1.11 bits per heavy atom. The molecule has 5 nitrogen and oxygen atoms in total. The lowest BCUT2D eigenvalue weighted by atomic mass is 9.69. The van der Waals surface area contributed by atoms with Crippen molar-refractivity contribution >= 4 is 5.91 Å². The minimum Gasteiger partial charge on any atom is -0.493 e. The van der Waals surface area contributed by atoms with Gasteiger partial charge in [0, 0.05) is 24.8 Å². The highest BCUT2D eigenvalue weighted by molar-refractivity contribution is 5.76. The van der Waals surface area contributed by atoms with Gasteiger partial charge in [-0.25, -0.2) is 0 Å². The summed E-state index contributed by atoms with van der Waals surface area (Å²) in [5.74, 6) is 2.38. The van der Waals surface area contributed by atoms with E-state index < -0.39 is 0 Å². The second-order valence-corrected chi connectivity index (χ2v) is 7.27. The summed E-state index contributed by atoms with van der Waals surface area (Å²) in [6, 6.07) is 9.89. The number of carbonyl (C=O) groups is 1. The molecule has 0 saturated heterocycles. The van der Waals surface area contributed by atoms with Gasteiger partial charge in [-0.3, -0.25) is 4.79 Å². The van der Waals surface area contributed by atoms with Gasteiger partial charge in [-0.1, -0.05) is 25.3 Å². The van der Waals surface area contributed by atoms with Crippen LogP contribution in [0.4, 0.5) is 0 Å². The van der Waals surface area contributed by atoms with Gasteiger partial charge >= 0.3 is 0 Å². The Hall–Kier alpha value is -2.43. The lowest BCUT2D eigenvalue weighted by Crippen LogP contribution is -2.42. The van der Waals surface area contributed by atoms with E-state index >= 15 is 0 Å². The first-order valence-corrected chi connectivity index (χ1v) is 9.68. The summed E-state index contributed by atoms with van der Waals surface area (Å²) in [4.78, 5) is 12.4. The van der Waals surface area contributed by atoms with Crippen molar-refractivity contribution in [3.8, 4) is 11.5 Å². The maximum absolute atomic E-state index is 12.4. The molecule has 0 atom stereocenters. The number of hydrogen-bond acceptors (Lipinski definition) is 4. The van der Waals surface area contributed by atoms with Crippen molar-refractivity contribution in [2.75, 3.05) is 20.8 Å². The van der Waals surface area contributed by atoms with Gasteiger partial charge in [0.05, 0.1) is 20.5 Å². The van der Waals surface area contributed by atoms with Gasteiger partial charge in [0.2, 0.25) is 5.91 Å². The van der Waals surface area contributed by atoms with Crippen LogP contribution in [0.2, 0.25) is 0 Å². The summed E-state index contributed by atoms with van der Waals surface area (Å²) in [6.07, 6.45) is 8.45. The lowest BCUT2D eigenvalue weighted by Gasteiger charge is -2.38. The average Bonchev–Trinajstić information content (AvgIpc) is 3.24. The molecule has 27 heavy (non-hydrogen) atoms. The summed E-state index contributed by atoms with van der Waals surface area (Å²) in [7, 11) is 3.30. The molecule has 0 spiro atoms. The van der Waals surface area contributed by atoms with E-state index in [-0.39, 0.29) is 11.3 Å². The topological polar surface area (TPSA) is 60.7 Å². The van der Waals surface area contributed by atoms with E-state index in [0.29, 0.717) is 19.4 Å². The Balaban J connectivity index is 1.70. The molecule has 1 heterocycles. The summed E-state index contributed by atoms with van der Waals surface area (Å²) in [6.45, 7) is 0.652. The highest BCUT2D eigenvalue weighted by Crippen LogP contribution is 2.42. The van der Waals surface area contributed by atoms with Gasteiger partial charge in [-0.15, -0.1) is 0 Å². The number of nitrogens with one attached hydrogen (secondary N) is 1. The molecule has 1 aliphatic carbocycles. The number of ether oxygens (including phenoxy) is 2. The molecule has 2 aromatic rings. The highest BCUT2D eigenvalue weighted by atomic mass is 16.5. The van der Waals surface area contributed by atoms with Crippen LogP contribution in [0.1, 0.15) is 49.8 Å². The van der Waals surface area contributed by atoms with E-state index in [1.807, 2.05) is 18.2 Å². The zero-order chi connectivity index (χ0) is 19.1. The third kappa shape index (κ3) is 4.65. The van der Waals surface area contributed by atoms with Crippen molar-refractivity contribution in [2.24, 2.45) is 0 Å². The standard InChI is InChI=1S/C22H29NO4/c1-25-19-10-8-17(15-20(19)26-2)22(12-4-3-5-13-22)16-23-21(24)11-9-18-7-6-14-27-18/h6-8,10,14-15H,3-5,9,11-13,16H2,1-2H3,(H,23,24). The number of furan rings is 1. The fourth-order valence-electron chi connectivity index (χ4n) is 4.01. The minimum absolute atomic E-state index is 0.0435. The first kappa shape index (κ1) is 19.3. The molecule has 1 N–H and O–H groups in total. The second kappa shape index (κ2) is 8.98. The number of hydrogen-bond donors (Lipinski definition) is 1. The van der Waals surface area contributed by atoms with Crippen LogP contribution < -0.4 is 14.8 Å². The van der Waals surface area contributed by atoms with Gasteiger partial charge in [-0.2, -0.15) is 0 Å². The first-order chi connectivity index (χ1) is 13.2. The van der Waals surface area contributed by atoms with Crippen molar-refractivity contribution in [2.45, 2.75) is 50.4 Å². The maximum Gasteiger partial charge on any atom is 0.220 e. The Bertz CT molecular complexity index is 733. The minimum atomic E-state index is -0.0435. The molecule has 1 fully saturated rings. The first-order valence-electron chi connectivity index (χ1n) is 9.68. The molecule has 0 aliphatic heterocycles. The molecule has 3 rings (SSSR count). The molecule has 0 bridgehead atoms. The van der Waals surface area contributed by atoms with E-state index in [2.05, 4.69) is 17.4 Å². The Kier molecular flexibility index (Phi) is 6.43. The van der Waals surface area contributed by atoms with E-state index in [9.17, 15) is 4.79 Å². The zero-order valence-corrected chi connectivity index (χ0v) is 16.3. The van der Waals surface area contributed by atoms with E-state index in [4.69, 9.17) is 13.9 Å². The molecule has 1 aliphatic rings. The molecule has 1 amide bonds. The van der Waals surface area contributed by atoms with Crippen LogP contribution in [0.25, 0.3) is 0 Å². The van der Waals surface area contributed by atoms with Gasteiger partial charge < -0.3 is 19.2 Å². The molecule has 0 radical (unpaired) electrons. The van der Waals surface area contributed by atoms with Crippen molar-refractivity contribution < 1.29 is 18.7 Å². The highest BCUT2D eigenvalue weighted by Gasteiger charge is 2.35. The smallest absolute Gasteiger partial charge is 0.220 e. The molecule has 1 aromatic heterocycles. The van der Waals surface area contributed by atoms with Crippen molar-refractivity contribution in [3.63, 3.8) is 0 Å². The number of benzene rings is 1. The average molecular weight is 371 g/mol. The predicted octanol–water partition coefficient (Wildman–Crippen LogP) is 4.25. The molecule has 1 saturated carbocycles. The van der Waals surface area contributed by atoms with Crippen LogP contribution in [-0.4, -0.2) is 26.7 Å². The quantitative estimate of drug-likeness (QED) is 0.754. The fourth-order valence-corrected chi connectivity index (χ4v) is 4.01. The normalized spacial score (nSPS) is 15.9. The van der Waals surface area contributed by atoms with Crippen molar-refractivity contribution in [3.05, 3.63) is 47.9 Å². The molecular formula is C22H29NO4. The number of carbonyl (C=O) groups excluding carboxylic acids is 1. The molecule has 5 heteroatoms. The van der Waals surface area contributed by atoms with Gasteiger partial charge in [-0.05, 0) is 42.7 Å². The third-order valence-electron chi connectivity index (χ3n) is 5.61. The third-order valence-corrected chi connectivity index (χ3v) is 5.61. The predicted molar refractivity (Wildman–Crippen MR) is 104 cm³/mol. The van der Waals surface area contributed by atoms with Crippen LogP contribution in [0.15, 0.2) is 41.0 Å². The summed E-state index contributed by atoms with van der Waals surface area (Å²) in [5, 5.41) is 3.17. The van der Waals surface area contributed by atoms with Crippen molar-refractivity contribution in [1.82, 2.24) is 5.32 Å². The van der Waals surface area contributed by atoms with Crippen LogP contribution >= 0.6 is 0 Å². The van der Waals surface area contributed by atoms with Gasteiger partial charge in [0.15, 0.2) is 11.5 Å². The SMILES string of the molecule is COc1ccc(C2(CNC(=O)CCc3ccco3)CCCCC2)cc1OC. The summed E-state index contributed by atoms with van der Waals surface area (Å²) >= 11 is 0.